The van der Waals surface area contributed by atoms with Crippen molar-refractivity contribution in [3.63, 3.8) is 0 Å². The maximum Gasteiger partial charge on any atom is 0.227 e. The third kappa shape index (κ3) is 4.91. The fourth-order valence-corrected chi connectivity index (χ4v) is 4.33. The molecule has 2 aromatic carbocycles. The largest absolute Gasteiger partial charge is 0.444 e. The molecule has 0 fully saturated rings. The van der Waals surface area contributed by atoms with E-state index < -0.39 is 0 Å². The van der Waals surface area contributed by atoms with Crippen LogP contribution in [0.4, 0.5) is 5.69 Å². The molecule has 0 atom stereocenters. The second-order valence-electron chi connectivity index (χ2n) is 6.97. The number of nitrogens with zero attached hydrogens (tertiary/aromatic N) is 2. The number of oxazole rings is 1. The summed E-state index contributed by atoms with van der Waals surface area (Å²) in [5.41, 5.74) is 2.65. The van der Waals surface area contributed by atoms with Gasteiger partial charge < -0.3 is 14.6 Å². The molecule has 154 valence electrons. The van der Waals surface area contributed by atoms with Crippen molar-refractivity contribution in [3.05, 3.63) is 66.6 Å². The van der Waals surface area contributed by atoms with Crippen LogP contribution in [0.1, 0.15) is 18.5 Å². The molecule has 1 aliphatic heterocycles. The van der Waals surface area contributed by atoms with Gasteiger partial charge in [-0.1, -0.05) is 30.3 Å². The average molecular weight is 422 g/mol. The summed E-state index contributed by atoms with van der Waals surface area (Å²) in [6.07, 6.45) is 2.57. The van der Waals surface area contributed by atoms with Gasteiger partial charge in [0.15, 0.2) is 0 Å². The maximum atomic E-state index is 12.6. The highest BCUT2D eigenvalue weighted by Crippen LogP contribution is 2.34. The lowest BCUT2D eigenvalue weighted by molar-refractivity contribution is -0.125. The summed E-state index contributed by atoms with van der Waals surface area (Å²) in [7, 11) is 0. The fraction of sp³-hybridized carbons (Fsp3) is 0.261. The van der Waals surface area contributed by atoms with E-state index in [0.717, 1.165) is 27.6 Å². The van der Waals surface area contributed by atoms with Crippen LogP contribution >= 0.6 is 11.8 Å². The van der Waals surface area contributed by atoms with E-state index in [2.05, 4.69) is 10.3 Å². The van der Waals surface area contributed by atoms with E-state index in [1.807, 2.05) is 54.6 Å². The molecule has 0 aliphatic carbocycles. The lowest BCUT2D eigenvalue weighted by Crippen LogP contribution is -2.36. The van der Waals surface area contributed by atoms with E-state index in [1.54, 1.807) is 22.9 Å². The molecule has 1 N–H and O–H groups in total. The Morgan fingerprint density at radius 1 is 1.07 bits per heavy atom. The van der Waals surface area contributed by atoms with Crippen LogP contribution in [0.3, 0.4) is 0 Å². The minimum Gasteiger partial charge on any atom is -0.444 e. The zero-order valence-electron chi connectivity index (χ0n) is 16.5. The van der Waals surface area contributed by atoms with Crippen molar-refractivity contribution < 1.29 is 14.0 Å². The Morgan fingerprint density at radius 3 is 2.73 bits per heavy atom. The van der Waals surface area contributed by atoms with E-state index >= 15 is 0 Å². The number of aromatic nitrogens is 1. The fourth-order valence-electron chi connectivity index (χ4n) is 3.34. The van der Waals surface area contributed by atoms with Crippen molar-refractivity contribution in [2.75, 3.05) is 23.7 Å². The molecule has 4 rings (SSSR count). The Balaban J connectivity index is 1.22. The lowest BCUT2D eigenvalue weighted by atomic mass is 10.2. The predicted octanol–water partition coefficient (Wildman–Crippen LogP) is 3.92. The molecule has 0 saturated heterocycles. The van der Waals surface area contributed by atoms with Gasteiger partial charge in [0.2, 0.25) is 17.7 Å². The maximum absolute atomic E-state index is 12.6. The molecule has 2 amide bonds. The molecule has 2 heterocycles. The number of anilines is 1. The van der Waals surface area contributed by atoms with Gasteiger partial charge in [0, 0.05) is 48.6 Å². The standard InChI is InChI=1S/C23H23N3O3S/c27-21(10-11-22(28)26-14-15-30-20-9-5-4-8-19(20)26)24-13-12-18-16-29-23(25-18)17-6-2-1-3-7-17/h1-9,16H,10-15H2,(H,24,27). The number of amides is 2. The smallest absolute Gasteiger partial charge is 0.227 e. The number of carbonyl (C=O) groups excluding carboxylic acids is 2. The number of nitrogens with one attached hydrogen (secondary N) is 1. The Kier molecular flexibility index (Phi) is 6.49. The first-order valence-electron chi connectivity index (χ1n) is 9.99. The first-order chi connectivity index (χ1) is 14.7. The van der Waals surface area contributed by atoms with Crippen molar-refractivity contribution in [1.29, 1.82) is 0 Å². The van der Waals surface area contributed by atoms with Crippen LogP contribution < -0.4 is 10.2 Å². The number of hydrogen-bond donors (Lipinski definition) is 1. The zero-order valence-corrected chi connectivity index (χ0v) is 17.4. The summed E-state index contributed by atoms with van der Waals surface area (Å²) < 4.78 is 5.51. The number of hydrogen-bond acceptors (Lipinski definition) is 5. The Bertz CT molecular complexity index is 1020. The summed E-state index contributed by atoms with van der Waals surface area (Å²) in [6, 6.07) is 17.6. The summed E-state index contributed by atoms with van der Waals surface area (Å²) in [6.45, 7) is 1.13. The van der Waals surface area contributed by atoms with Crippen LogP contribution in [-0.4, -0.2) is 35.6 Å². The zero-order chi connectivity index (χ0) is 20.8. The van der Waals surface area contributed by atoms with Gasteiger partial charge in [-0.05, 0) is 24.3 Å². The molecule has 30 heavy (non-hydrogen) atoms. The molecule has 0 radical (unpaired) electrons. The van der Waals surface area contributed by atoms with E-state index in [4.69, 9.17) is 4.42 Å². The summed E-state index contributed by atoms with van der Waals surface area (Å²) >= 11 is 1.76. The van der Waals surface area contributed by atoms with Gasteiger partial charge in [-0.3, -0.25) is 9.59 Å². The molecule has 7 heteroatoms. The molecular weight excluding hydrogens is 398 g/mol. The molecule has 1 aromatic heterocycles. The molecule has 3 aromatic rings. The van der Waals surface area contributed by atoms with Crippen LogP contribution in [0.5, 0.6) is 0 Å². The van der Waals surface area contributed by atoms with E-state index in [0.29, 0.717) is 25.4 Å². The van der Waals surface area contributed by atoms with Gasteiger partial charge in [0.05, 0.1) is 11.4 Å². The summed E-state index contributed by atoms with van der Waals surface area (Å²) in [5.74, 6) is 1.30. The Morgan fingerprint density at radius 2 is 1.87 bits per heavy atom. The van der Waals surface area contributed by atoms with Crippen LogP contribution in [0.2, 0.25) is 0 Å². The molecular formula is C23H23N3O3S. The highest BCUT2D eigenvalue weighted by molar-refractivity contribution is 7.99. The number of benzene rings is 2. The lowest BCUT2D eigenvalue weighted by Gasteiger charge is -2.29. The molecule has 0 bridgehead atoms. The molecule has 0 spiro atoms. The van der Waals surface area contributed by atoms with Gasteiger partial charge in [-0.25, -0.2) is 4.98 Å². The minimum atomic E-state index is -0.130. The Hall–Kier alpha value is -3.06. The predicted molar refractivity (Wildman–Crippen MR) is 117 cm³/mol. The summed E-state index contributed by atoms with van der Waals surface area (Å²) in [4.78, 5) is 32.1. The van der Waals surface area contributed by atoms with E-state index in [-0.39, 0.29) is 24.7 Å². The second kappa shape index (κ2) is 9.63. The number of carbonyl (C=O) groups is 2. The van der Waals surface area contributed by atoms with Gasteiger partial charge in [0.25, 0.3) is 0 Å². The van der Waals surface area contributed by atoms with Crippen molar-refractivity contribution in [3.8, 4) is 11.5 Å². The molecule has 6 nitrogen and oxygen atoms in total. The quantitative estimate of drug-likeness (QED) is 0.626. The van der Waals surface area contributed by atoms with Gasteiger partial charge in [-0.15, -0.1) is 11.8 Å². The molecule has 0 saturated carbocycles. The van der Waals surface area contributed by atoms with E-state index in [1.165, 1.54) is 0 Å². The van der Waals surface area contributed by atoms with Crippen molar-refractivity contribution in [1.82, 2.24) is 10.3 Å². The summed E-state index contributed by atoms with van der Waals surface area (Å²) in [5, 5.41) is 2.86. The minimum absolute atomic E-state index is 0.0121. The highest BCUT2D eigenvalue weighted by Gasteiger charge is 2.22. The Labute approximate surface area is 179 Å². The topological polar surface area (TPSA) is 75.4 Å². The monoisotopic (exact) mass is 421 g/mol. The van der Waals surface area contributed by atoms with Crippen LogP contribution in [-0.2, 0) is 16.0 Å². The van der Waals surface area contributed by atoms with Gasteiger partial charge >= 0.3 is 0 Å². The number of fused-ring (bicyclic) bond motifs is 1. The molecule has 0 unspecified atom stereocenters. The van der Waals surface area contributed by atoms with Gasteiger partial charge in [0.1, 0.15) is 6.26 Å². The SMILES string of the molecule is O=C(CCC(=O)N1CCSc2ccccc21)NCCc1coc(-c2ccccc2)n1. The second-order valence-corrected chi connectivity index (χ2v) is 8.11. The van der Waals surface area contributed by atoms with Crippen molar-refractivity contribution >= 4 is 29.3 Å². The molecule has 1 aliphatic rings. The van der Waals surface area contributed by atoms with Crippen LogP contribution in [0.25, 0.3) is 11.5 Å². The first-order valence-corrected chi connectivity index (χ1v) is 11.0. The van der Waals surface area contributed by atoms with Crippen LogP contribution in [0, 0.1) is 0 Å². The van der Waals surface area contributed by atoms with Crippen LogP contribution in [0.15, 0.2) is 70.2 Å². The first kappa shape index (κ1) is 20.2. The van der Waals surface area contributed by atoms with E-state index in [9.17, 15) is 9.59 Å². The van der Waals surface area contributed by atoms with Crippen molar-refractivity contribution in [2.24, 2.45) is 0 Å². The number of para-hydroxylation sites is 1. The third-order valence-corrected chi connectivity index (χ3v) is 5.91. The average Bonchev–Trinajstić information content (AvgIpc) is 3.26. The third-order valence-electron chi connectivity index (χ3n) is 4.87. The number of rotatable bonds is 7. The van der Waals surface area contributed by atoms with Crippen molar-refractivity contribution in [2.45, 2.75) is 24.2 Å². The number of thioether (sulfide) groups is 1. The highest BCUT2D eigenvalue weighted by atomic mass is 32.2. The van der Waals surface area contributed by atoms with Gasteiger partial charge in [-0.2, -0.15) is 0 Å². The normalized spacial score (nSPS) is 13.0.